The van der Waals surface area contributed by atoms with Gasteiger partial charge in [-0.05, 0) is 25.0 Å². The van der Waals surface area contributed by atoms with Crippen molar-refractivity contribution in [2.24, 2.45) is 5.92 Å². The van der Waals surface area contributed by atoms with Crippen molar-refractivity contribution < 1.29 is 9.59 Å². The molecule has 1 atom stereocenters. The number of carbonyl (C=O) groups excluding carboxylic acids is 2. The number of Topliss-reactive ketones (excluding diaryl/α,β-unsaturated/α-hetero) is 1. The Hall–Kier alpha value is -1.29. The summed E-state index contributed by atoms with van der Waals surface area (Å²) in [6, 6.07) is 5.72. The first-order valence-electron chi connectivity index (χ1n) is 7.09. The van der Waals surface area contributed by atoms with E-state index in [1.807, 2.05) is 36.9 Å². The first-order chi connectivity index (χ1) is 9.43. The van der Waals surface area contributed by atoms with E-state index in [1.165, 1.54) is 0 Å². The molecule has 1 amide bonds. The number of nitrogens with zero attached hydrogens (tertiary/aromatic N) is 1. The van der Waals surface area contributed by atoms with Gasteiger partial charge in [-0.1, -0.05) is 26.8 Å². The average molecular weight is 291 g/mol. The third-order valence-corrected chi connectivity index (χ3v) is 4.51. The van der Waals surface area contributed by atoms with Crippen molar-refractivity contribution in [1.29, 1.82) is 0 Å². The lowest BCUT2D eigenvalue weighted by Gasteiger charge is -2.33. The van der Waals surface area contributed by atoms with Crippen molar-refractivity contribution in [2.75, 3.05) is 11.4 Å². The van der Waals surface area contributed by atoms with E-state index in [2.05, 4.69) is 13.8 Å². The van der Waals surface area contributed by atoms with Gasteiger partial charge < -0.3 is 4.90 Å². The maximum Gasteiger partial charge on any atom is 0.240 e. The maximum absolute atomic E-state index is 12.4. The van der Waals surface area contributed by atoms with Crippen molar-refractivity contribution in [3.8, 4) is 0 Å². The molecule has 4 heteroatoms. The van der Waals surface area contributed by atoms with Crippen molar-refractivity contribution in [1.82, 2.24) is 0 Å². The molecule has 0 radical (unpaired) electrons. The average Bonchev–Trinajstić information content (AvgIpc) is 2.42. The van der Waals surface area contributed by atoms with Gasteiger partial charge in [-0.2, -0.15) is 0 Å². The zero-order valence-electron chi connectivity index (χ0n) is 12.5. The zero-order chi connectivity index (χ0) is 14.9. The normalized spacial score (nSPS) is 18.4. The number of fused-ring (bicyclic) bond motifs is 1. The van der Waals surface area contributed by atoms with E-state index in [9.17, 15) is 9.59 Å². The Morgan fingerprint density at radius 2 is 2.10 bits per heavy atom. The summed E-state index contributed by atoms with van der Waals surface area (Å²) in [6.45, 7) is 8.69. The van der Waals surface area contributed by atoms with Crippen LogP contribution in [0.25, 0.3) is 0 Å². The quantitative estimate of drug-likeness (QED) is 0.793. The van der Waals surface area contributed by atoms with Gasteiger partial charge in [0.2, 0.25) is 5.91 Å². The summed E-state index contributed by atoms with van der Waals surface area (Å²) in [7, 11) is 0. The van der Waals surface area contributed by atoms with Gasteiger partial charge in [0.15, 0.2) is 5.78 Å². The lowest BCUT2D eigenvalue weighted by Crippen LogP contribution is -2.42. The molecular weight excluding hydrogens is 270 g/mol. The van der Waals surface area contributed by atoms with Gasteiger partial charge in [0.05, 0.1) is 10.9 Å². The second-order valence-electron chi connectivity index (χ2n) is 5.56. The van der Waals surface area contributed by atoms with Crippen LogP contribution in [-0.4, -0.2) is 23.5 Å². The van der Waals surface area contributed by atoms with Gasteiger partial charge in [-0.15, -0.1) is 11.8 Å². The first kappa shape index (κ1) is 15.1. The number of anilines is 1. The van der Waals surface area contributed by atoms with Gasteiger partial charge in [-0.3, -0.25) is 9.59 Å². The van der Waals surface area contributed by atoms with Crippen LogP contribution in [-0.2, 0) is 4.79 Å². The summed E-state index contributed by atoms with van der Waals surface area (Å²) in [5.41, 5.74) is 1.59. The van der Waals surface area contributed by atoms with E-state index >= 15 is 0 Å². The van der Waals surface area contributed by atoms with Crippen LogP contribution < -0.4 is 4.90 Å². The summed E-state index contributed by atoms with van der Waals surface area (Å²) in [5, 5.41) is -0.0611. The Bertz CT molecular complexity index is 539. The van der Waals surface area contributed by atoms with Crippen LogP contribution in [0.3, 0.4) is 0 Å². The molecule has 3 nitrogen and oxygen atoms in total. The van der Waals surface area contributed by atoms with E-state index in [0.717, 1.165) is 10.6 Å². The van der Waals surface area contributed by atoms with Gasteiger partial charge in [0, 0.05) is 23.4 Å². The summed E-state index contributed by atoms with van der Waals surface area (Å²) in [4.78, 5) is 27.2. The number of carbonyl (C=O) groups is 2. The highest BCUT2D eigenvalue weighted by atomic mass is 32.2. The Morgan fingerprint density at radius 3 is 2.70 bits per heavy atom. The predicted molar refractivity (Wildman–Crippen MR) is 83.6 cm³/mol. The molecule has 108 valence electrons. The molecule has 1 aliphatic rings. The summed E-state index contributed by atoms with van der Waals surface area (Å²) in [6.07, 6.45) is 0.487. The largest absolute Gasteiger partial charge is 0.310 e. The fraction of sp³-hybridized carbons (Fsp3) is 0.500. The molecule has 20 heavy (non-hydrogen) atoms. The van der Waals surface area contributed by atoms with Gasteiger partial charge >= 0.3 is 0 Å². The molecule has 1 aromatic rings. The first-order valence-corrected chi connectivity index (χ1v) is 7.97. The van der Waals surface area contributed by atoms with E-state index in [4.69, 9.17) is 0 Å². The van der Waals surface area contributed by atoms with E-state index in [1.54, 1.807) is 11.8 Å². The van der Waals surface area contributed by atoms with Crippen LogP contribution in [0, 0.1) is 5.92 Å². The van der Waals surface area contributed by atoms with Crippen molar-refractivity contribution in [2.45, 2.75) is 44.3 Å². The zero-order valence-corrected chi connectivity index (χ0v) is 13.3. The molecule has 0 fully saturated rings. The second kappa shape index (κ2) is 6.00. The topological polar surface area (TPSA) is 37.4 Å². The molecule has 1 unspecified atom stereocenters. The molecule has 1 heterocycles. The minimum Gasteiger partial charge on any atom is -0.310 e. The lowest BCUT2D eigenvalue weighted by atomic mass is 10.1. The minimum absolute atomic E-state index is 0.0611. The Labute approximate surface area is 124 Å². The highest BCUT2D eigenvalue weighted by Gasteiger charge is 2.31. The summed E-state index contributed by atoms with van der Waals surface area (Å²) < 4.78 is 0. The van der Waals surface area contributed by atoms with Crippen LogP contribution >= 0.6 is 11.8 Å². The van der Waals surface area contributed by atoms with Crippen LogP contribution in [0.4, 0.5) is 5.69 Å². The minimum atomic E-state index is -0.0611. The second-order valence-corrected chi connectivity index (χ2v) is 6.94. The number of hydrogen-bond donors (Lipinski definition) is 0. The van der Waals surface area contributed by atoms with Crippen LogP contribution in [0.15, 0.2) is 23.1 Å². The Balaban J connectivity index is 2.45. The van der Waals surface area contributed by atoms with Crippen LogP contribution in [0.2, 0.25) is 0 Å². The van der Waals surface area contributed by atoms with E-state index in [-0.39, 0.29) is 16.9 Å². The molecule has 0 N–H and O–H groups in total. The number of amides is 1. The van der Waals surface area contributed by atoms with Gasteiger partial charge in [0.1, 0.15) is 0 Å². The smallest absolute Gasteiger partial charge is 0.240 e. The molecule has 1 aliphatic heterocycles. The molecule has 0 bridgehead atoms. The van der Waals surface area contributed by atoms with Gasteiger partial charge in [-0.25, -0.2) is 0 Å². The third-order valence-electron chi connectivity index (χ3n) is 3.36. The third kappa shape index (κ3) is 2.90. The number of rotatable bonds is 4. The highest BCUT2D eigenvalue weighted by Crippen LogP contribution is 2.40. The van der Waals surface area contributed by atoms with Crippen LogP contribution in [0.1, 0.15) is 44.5 Å². The number of benzene rings is 1. The molecule has 0 saturated carbocycles. The van der Waals surface area contributed by atoms with Crippen molar-refractivity contribution in [3.63, 3.8) is 0 Å². The number of thioether (sulfide) groups is 1. The summed E-state index contributed by atoms with van der Waals surface area (Å²) >= 11 is 1.58. The number of hydrogen-bond acceptors (Lipinski definition) is 3. The Morgan fingerprint density at radius 1 is 1.40 bits per heavy atom. The fourth-order valence-corrected chi connectivity index (χ4v) is 3.38. The molecule has 2 rings (SSSR count). The SMILES string of the molecule is CCC(=O)c1ccc2c(c1)N(CC(C)C)C(=O)C(C)S2. The van der Waals surface area contributed by atoms with E-state index in [0.29, 0.717) is 24.4 Å². The van der Waals surface area contributed by atoms with Crippen molar-refractivity contribution in [3.05, 3.63) is 23.8 Å². The molecule has 0 aromatic heterocycles. The molecule has 1 aromatic carbocycles. The highest BCUT2D eigenvalue weighted by molar-refractivity contribution is 8.00. The molecular formula is C16H21NO2S. The molecule has 0 aliphatic carbocycles. The van der Waals surface area contributed by atoms with Gasteiger partial charge in [0.25, 0.3) is 0 Å². The predicted octanol–water partition coefficient (Wildman–Crippen LogP) is 3.76. The Kier molecular flexibility index (Phi) is 4.53. The molecule has 0 spiro atoms. The lowest BCUT2D eigenvalue weighted by molar-refractivity contribution is -0.118. The standard InChI is InChI=1S/C16H21NO2S/c1-5-14(18)12-6-7-15-13(8-12)17(9-10(2)3)16(19)11(4)20-15/h6-8,10-11H,5,9H2,1-4H3. The maximum atomic E-state index is 12.4. The monoisotopic (exact) mass is 291 g/mol. The summed E-state index contributed by atoms with van der Waals surface area (Å²) in [5.74, 6) is 0.651. The van der Waals surface area contributed by atoms with Crippen LogP contribution in [0.5, 0.6) is 0 Å². The van der Waals surface area contributed by atoms with E-state index < -0.39 is 0 Å². The van der Waals surface area contributed by atoms with Crippen molar-refractivity contribution >= 4 is 29.1 Å². The fourth-order valence-electron chi connectivity index (χ4n) is 2.34. The number of ketones is 1. The molecule has 0 saturated heterocycles.